The van der Waals surface area contributed by atoms with Gasteiger partial charge in [0.05, 0.1) is 21.6 Å². The van der Waals surface area contributed by atoms with E-state index in [4.69, 9.17) is 4.74 Å². The molecular weight excluding hydrogens is 484 g/mol. The molecule has 0 aliphatic carbocycles. The lowest BCUT2D eigenvalue weighted by Gasteiger charge is -2.21. The van der Waals surface area contributed by atoms with Crippen molar-refractivity contribution in [1.82, 2.24) is 5.32 Å². The van der Waals surface area contributed by atoms with Crippen LogP contribution in [0.15, 0.2) is 60.7 Å². The summed E-state index contributed by atoms with van der Waals surface area (Å²) >= 11 is 0. The van der Waals surface area contributed by atoms with Gasteiger partial charge < -0.3 is 15.4 Å². The van der Waals surface area contributed by atoms with Gasteiger partial charge >= 0.3 is 18.4 Å². The molecule has 3 aromatic rings. The number of nitro benzene ring substituents is 1. The van der Waals surface area contributed by atoms with Gasteiger partial charge in [0.15, 0.2) is 0 Å². The van der Waals surface area contributed by atoms with E-state index in [0.717, 1.165) is 19.2 Å². The quantitative estimate of drug-likeness (QED) is 0.228. The first kappa shape index (κ1) is 25.3. The molecule has 0 radical (unpaired) electrons. The number of hydrogen-bond acceptors (Lipinski definition) is 4. The van der Waals surface area contributed by atoms with Gasteiger partial charge in [-0.25, -0.2) is 4.79 Å². The summed E-state index contributed by atoms with van der Waals surface area (Å²) in [4.78, 5) is 22.7. The van der Waals surface area contributed by atoms with E-state index in [0.29, 0.717) is 12.1 Å². The largest absolute Gasteiger partial charge is 0.457 e. The summed E-state index contributed by atoms with van der Waals surface area (Å²) in [6.45, 7) is 0. The lowest BCUT2D eigenvalue weighted by molar-refractivity contribution is -0.383. The number of ether oxygens (including phenoxy) is 1. The van der Waals surface area contributed by atoms with Gasteiger partial charge in [0.25, 0.3) is 5.69 Å². The Morgan fingerprint density at radius 3 is 2.14 bits per heavy atom. The molecule has 0 unspecified atom stereocenters. The van der Waals surface area contributed by atoms with Crippen LogP contribution in [0.3, 0.4) is 0 Å². The second-order valence-corrected chi connectivity index (χ2v) is 6.97. The van der Waals surface area contributed by atoms with E-state index < -0.39 is 56.9 Å². The van der Waals surface area contributed by atoms with Crippen LogP contribution in [0.25, 0.3) is 11.1 Å². The second-order valence-electron chi connectivity index (χ2n) is 6.97. The van der Waals surface area contributed by atoms with E-state index in [1.54, 1.807) is 18.2 Å². The Bertz CT molecular complexity index is 1260. The minimum absolute atomic E-state index is 0.107. The molecular formula is C22H15F6N3O4. The van der Waals surface area contributed by atoms with Crippen LogP contribution in [0.1, 0.15) is 11.1 Å². The number of halogens is 6. The number of carbonyl (C=O) groups excluding carboxylic acids is 1. The van der Waals surface area contributed by atoms with E-state index in [2.05, 4.69) is 10.6 Å². The highest BCUT2D eigenvalue weighted by molar-refractivity contribution is 6.00. The van der Waals surface area contributed by atoms with Gasteiger partial charge in [0.2, 0.25) is 0 Å². The van der Waals surface area contributed by atoms with Crippen molar-refractivity contribution in [1.29, 1.82) is 0 Å². The molecule has 35 heavy (non-hydrogen) atoms. The SMILES string of the molecule is CNC(=O)Nc1c([N+](=O)[O-])ccc(Oc2ccccc2)c1-c1ccc(C(F)(F)F)cc1C(F)(F)F. The van der Waals surface area contributed by atoms with Crippen LogP contribution in [0.2, 0.25) is 0 Å². The number of carbonyl (C=O) groups is 1. The first-order valence-electron chi connectivity index (χ1n) is 9.64. The molecule has 0 atom stereocenters. The van der Waals surface area contributed by atoms with Crippen LogP contribution < -0.4 is 15.4 Å². The standard InChI is InChI=1S/C22H15F6N3O4/c1-29-20(32)30-19-16(31(33)34)9-10-17(35-13-5-3-2-4-6-13)18(19)14-8-7-12(21(23,24)25)11-15(14)22(26,27)28/h2-11H,1H3,(H2,29,30,32). The maximum absolute atomic E-state index is 13.9. The molecule has 0 spiro atoms. The normalized spacial score (nSPS) is 11.6. The Morgan fingerprint density at radius 2 is 1.60 bits per heavy atom. The van der Waals surface area contributed by atoms with Crippen molar-refractivity contribution in [3.8, 4) is 22.6 Å². The molecule has 0 fully saturated rings. The van der Waals surface area contributed by atoms with E-state index in [9.17, 15) is 41.3 Å². The Hall–Kier alpha value is -4.29. The van der Waals surface area contributed by atoms with E-state index >= 15 is 0 Å². The van der Waals surface area contributed by atoms with Crippen LogP contribution in [0.5, 0.6) is 11.5 Å². The van der Waals surface area contributed by atoms with Crippen LogP contribution in [0, 0.1) is 10.1 Å². The molecule has 0 saturated heterocycles. The predicted molar refractivity (Wildman–Crippen MR) is 113 cm³/mol. The van der Waals surface area contributed by atoms with Crippen molar-refractivity contribution >= 4 is 17.4 Å². The summed E-state index contributed by atoms with van der Waals surface area (Å²) in [5, 5.41) is 15.8. The third-order valence-corrected chi connectivity index (χ3v) is 4.70. The first-order valence-corrected chi connectivity index (χ1v) is 9.64. The Labute approximate surface area is 193 Å². The first-order chi connectivity index (χ1) is 16.3. The van der Waals surface area contributed by atoms with Gasteiger partial charge in [0.1, 0.15) is 17.2 Å². The Balaban J connectivity index is 2.41. The number of nitrogens with one attached hydrogen (secondary N) is 2. The molecule has 3 rings (SSSR count). The summed E-state index contributed by atoms with van der Waals surface area (Å²) in [5.74, 6) is -0.257. The molecule has 184 valence electrons. The maximum Gasteiger partial charge on any atom is 0.417 e. The topological polar surface area (TPSA) is 93.5 Å². The van der Waals surface area contributed by atoms with Crippen molar-refractivity contribution in [2.75, 3.05) is 12.4 Å². The maximum atomic E-state index is 13.9. The van der Waals surface area contributed by atoms with Gasteiger partial charge in [-0.15, -0.1) is 0 Å². The number of hydrogen-bond donors (Lipinski definition) is 2. The number of amides is 2. The Morgan fingerprint density at radius 1 is 0.943 bits per heavy atom. The van der Waals surface area contributed by atoms with Gasteiger partial charge in [-0.05, 0) is 35.9 Å². The second kappa shape index (κ2) is 9.52. The van der Waals surface area contributed by atoms with Crippen molar-refractivity contribution < 1.29 is 40.8 Å². The smallest absolute Gasteiger partial charge is 0.417 e. The number of rotatable bonds is 5. The average molecular weight is 499 g/mol. The summed E-state index contributed by atoms with van der Waals surface area (Å²) in [5.41, 5.74) is -6.32. The van der Waals surface area contributed by atoms with Crippen molar-refractivity contribution in [3.05, 3.63) is 81.9 Å². The summed E-state index contributed by atoms with van der Waals surface area (Å²) < 4.78 is 87.0. The summed E-state index contributed by atoms with van der Waals surface area (Å²) in [6.07, 6.45) is -10.4. The van der Waals surface area contributed by atoms with Crippen molar-refractivity contribution in [2.24, 2.45) is 0 Å². The zero-order valence-corrected chi connectivity index (χ0v) is 17.6. The highest BCUT2D eigenvalue weighted by Gasteiger charge is 2.40. The number of benzene rings is 3. The third-order valence-electron chi connectivity index (χ3n) is 4.70. The highest BCUT2D eigenvalue weighted by atomic mass is 19.4. The summed E-state index contributed by atoms with van der Waals surface area (Å²) in [6, 6.07) is 9.28. The third kappa shape index (κ3) is 5.62. The van der Waals surface area contributed by atoms with E-state index in [1.807, 2.05) is 0 Å². The predicted octanol–water partition coefficient (Wildman–Crippen LogP) is 6.84. The zero-order chi connectivity index (χ0) is 26.0. The van der Waals surface area contributed by atoms with Crippen molar-refractivity contribution in [3.63, 3.8) is 0 Å². The molecule has 0 aliphatic heterocycles. The van der Waals surface area contributed by atoms with Crippen LogP contribution in [-0.4, -0.2) is 18.0 Å². The fraction of sp³-hybridized carbons (Fsp3) is 0.136. The van der Waals surface area contributed by atoms with Gasteiger partial charge in [0, 0.05) is 13.1 Å². The fourth-order valence-corrected chi connectivity index (χ4v) is 3.17. The molecule has 13 heteroatoms. The number of alkyl halides is 6. The molecule has 0 aliphatic rings. The summed E-state index contributed by atoms with van der Waals surface area (Å²) in [7, 11) is 1.16. The highest BCUT2D eigenvalue weighted by Crippen LogP contribution is 2.49. The molecule has 0 bridgehead atoms. The lowest BCUT2D eigenvalue weighted by atomic mass is 9.94. The average Bonchev–Trinajstić information content (AvgIpc) is 2.78. The van der Waals surface area contributed by atoms with Crippen molar-refractivity contribution in [2.45, 2.75) is 12.4 Å². The number of para-hydroxylation sites is 1. The minimum atomic E-state index is -5.30. The van der Waals surface area contributed by atoms with Gasteiger partial charge in [-0.1, -0.05) is 24.3 Å². The number of urea groups is 1. The van der Waals surface area contributed by atoms with Gasteiger partial charge in [-0.2, -0.15) is 26.3 Å². The molecule has 2 N–H and O–H groups in total. The lowest BCUT2D eigenvalue weighted by Crippen LogP contribution is -2.25. The molecule has 7 nitrogen and oxygen atoms in total. The molecule has 3 aromatic carbocycles. The van der Waals surface area contributed by atoms with E-state index in [1.165, 1.54) is 12.1 Å². The van der Waals surface area contributed by atoms with Crippen LogP contribution in [0.4, 0.5) is 42.5 Å². The van der Waals surface area contributed by atoms with Gasteiger partial charge in [-0.3, -0.25) is 10.1 Å². The molecule has 0 saturated carbocycles. The monoisotopic (exact) mass is 499 g/mol. The minimum Gasteiger partial charge on any atom is -0.457 e. The number of nitrogens with zero attached hydrogens (tertiary/aromatic N) is 1. The van der Waals surface area contributed by atoms with Crippen LogP contribution in [-0.2, 0) is 12.4 Å². The fourth-order valence-electron chi connectivity index (χ4n) is 3.17. The molecule has 2 amide bonds. The Kier molecular flexibility index (Phi) is 6.89. The zero-order valence-electron chi connectivity index (χ0n) is 17.6. The number of anilines is 1. The molecule has 0 heterocycles. The van der Waals surface area contributed by atoms with E-state index in [-0.39, 0.29) is 17.6 Å². The number of nitro groups is 1. The molecule has 0 aromatic heterocycles. The van der Waals surface area contributed by atoms with Crippen LogP contribution >= 0.6 is 0 Å².